The quantitative estimate of drug-likeness (QED) is 0.623. The molecule has 1 atom stereocenters. The van der Waals surface area contributed by atoms with Crippen molar-refractivity contribution in [3.8, 4) is 0 Å². The Labute approximate surface area is 192 Å². The van der Waals surface area contributed by atoms with Gasteiger partial charge in [0.1, 0.15) is 6.04 Å². The van der Waals surface area contributed by atoms with E-state index in [0.29, 0.717) is 12.2 Å². The van der Waals surface area contributed by atoms with Crippen molar-refractivity contribution >= 4 is 21.6 Å². The number of carbonyl (C=O) groups excluding carboxylic acids is 1. The number of likely N-dealkylation sites (tertiary alicyclic amines) is 1. The average molecular weight is 458 g/mol. The zero-order valence-corrected chi connectivity index (χ0v) is 20.2. The first-order chi connectivity index (χ1) is 15.3. The number of nitrogens with zero attached hydrogens (tertiary/aromatic N) is 2. The van der Waals surface area contributed by atoms with Gasteiger partial charge in [0.2, 0.25) is 15.9 Å². The van der Waals surface area contributed by atoms with Crippen LogP contribution in [0.4, 0.5) is 5.69 Å². The van der Waals surface area contributed by atoms with E-state index in [1.165, 1.54) is 29.1 Å². The molecule has 0 spiro atoms. The monoisotopic (exact) mass is 457 g/mol. The summed E-state index contributed by atoms with van der Waals surface area (Å²) in [6, 6.07) is 14.7. The summed E-state index contributed by atoms with van der Waals surface area (Å²) in [5.41, 5.74) is 3.86. The minimum absolute atomic E-state index is 0.323. The smallest absolute Gasteiger partial charge is 0.243 e. The van der Waals surface area contributed by atoms with Crippen LogP contribution < -0.4 is 9.62 Å². The Morgan fingerprint density at radius 1 is 1.03 bits per heavy atom. The number of hydrogen-bond acceptors (Lipinski definition) is 4. The van der Waals surface area contributed by atoms with Crippen LogP contribution in [-0.4, -0.2) is 44.6 Å². The van der Waals surface area contributed by atoms with Gasteiger partial charge in [-0.05, 0) is 68.1 Å². The number of carbonyl (C=O) groups is 1. The van der Waals surface area contributed by atoms with Gasteiger partial charge in [0.15, 0.2) is 0 Å². The molecule has 3 rings (SSSR count). The summed E-state index contributed by atoms with van der Waals surface area (Å²) in [6.45, 7) is 7.23. The summed E-state index contributed by atoms with van der Waals surface area (Å²) >= 11 is 0. The summed E-state index contributed by atoms with van der Waals surface area (Å²) in [6.07, 6.45) is 5.83. The lowest BCUT2D eigenvalue weighted by molar-refractivity contribution is -0.122. The molecule has 1 aliphatic rings. The first kappa shape index (κ1) is 24.3. The molecule has 32 heavy (non-hydrogen) atoms. The van der Waals surface area contributed by atoms with Crippen molar-refractivity contribution in [2.75, 3.05) is 23.7 Å². The minimum Gasteiger partial charge on any atom is -0.350 e. The molecule has 0 unspecified atom stereocenters. The van der Waals surface area contributed by atoms with Crippen molar-refractivity contribution in [2.24, 2.45) is 0 Å². The maximum Gasteiger partial charge on any atom is 0.243 e. The fraction of sp³-hybridized carbons (Fsp3) is 0.480. The molecule has 0 aromatic heterocycles. The summed E-state index contributed by atoms with van der Waals surface area (Å²) in [7, 11) is -3.62. The number of aryl methyl sites for hydroxylation is 1. The van der Waals surface area contributed by atoms with Gasteiger partial charge >= 0.3 is 0 Å². The third-order valence-corrected chi connectivity index (χ3v) is 7.24. The molecule has 1 fully saturated rings. The molecule has 0 bridgehead atoms. The van der Waals surface area contributed by atoms with Crippen LogP contribution in [0.3, 0.4) is 0 Å². The maximum atomic E-state index is 12.9. The van der Waals surface area contributed by atoms with E-state index >= 15 is 0 Å². The molecule has 174 valence electrons. The number of rotatable bonds is 9. The zero-order chi connectivity index (χ0) is 23.1. The summed E-state index contributed by atoms with van der Waals surface area (Å²) in [5.74, 6) is -0.323. The van der Waals surface area contributed by atoms with Crippen molar-refractivity contribution in [1.82, 2.24) is 10.2 Å². The molecule has 2 aromatic rings. The molecule has 2 aromatic carbocycles. The highest BCUT2D eigenvalue weighted by Gasteiger charge is 2.29. The predicted molar refractivity (Wildman–Crippen MR) is 130 cm³/mol. The highest BCUT2D eigenvalue weighted by atomic mass is 32.2. The topological polar surface area (TPSA) is 69.7 Å². The largest absolute Gasteiger partial charge is 0.350 e. The highest BCUT2D eigenvalue weighted by Crippen LogP contribution is 2.22. The number of anilines is 1. The van der Waals surface area contributed by atoms with E-state index in [-0.39, 0.29) is 5.91 Å². The van der Waals surface area contributed by atoms with Crippen molar-refractivity contribution in [2.45, 2.75) is 58.7 Å². The van der Waals surface area contributed by atoms with Gasteiger partial charge in [-0.25, -0.2) is 8.42 Å². The van der Waals surface area contributed by atoms with E-state index in [2.05, 4.69) is 22.3 Å². The lowest BCUT2D eigenvalue weighted by Crippen LogP contribution is -2.47. The van der Waals surface area contributed by atoms with Crippen LogP contribution >= 0.6 is 0 Å². The summed E-state index contributed by atoms with van der Waals surface area (Å²) in [5, 5.41) is 2.92. The maximum absolute atomic E-state index is 12.9. The van der Waals surface area contributed by atoms with Crippen LogP contribution in [-0.2, 0) is 34.3 Å². The third kappa shape index (κ3) is 6.56. The second kappa shape index (κ2) is 11.0. The standard InChI is InChI=1S/C25H35N3O3S/c1-4-21-11-13-24(14-12-21)28(32(3,30)31)20(2)25(29)26-18-22-9-8-10-23(17-22)19-27-15-6-5-7-16-27/h8-14,17,20H,4-7,15-16,18-19H2,1-3H3,(H,26,29)/t20-/m1/s1. The Bertz CT molecular complexity index is 999. The van der Waals surface area contributed by atoms with E-state index in [1.54, 1.807) is 19.1 Å². The Kier molecular flexibility index (Phi) is 8.32. The predicted octanol–water partition coefficient (Wildman–Crippen LogP) is 3.71. The van der Waals surface area contributed by atoms with Crippen LogP contribution in [0.5, 0.6) is 0 Å². The molecule has 6 nitrogen and oxygen atoms in total. The summed E-state index contributed by atoms with van der Waals surface area (Å²) in [4.78, 5) is 15.3. The van der Waals surface area contributed by atoms with Gasteiger partial charge in [0, 0.05) is 13.1 Å². The van der Waals surface area contributed by atoms with Gasteiger partial charge in [-0.1, -0.05) is 49.7 Å². The molecular formula is C25H35N3O3S. The highest BCUT2D eigenvalue weighted by molar-refractivity contribution is 7.92. The zero-order valence-electron chi connectivity index (χ0n) is 19.4. The fourth-order valence-electron chi connectivity index (χ4n) is 4.24. The van der Waals surface area contributed by atoms with Gasteiger partial charge in [-0.15, -0.1) is 0 Å². The third-order valence-electron chi connectivity index (χ3n) is 6.00. The van der Waals surface area contributed by atoms with E-state index in [1.807, 2.05) is 31.2 Å². The normalized spacial score (nSPS) is 15.8. The van der Waals surface area contributed by atoms with Gasteiger partial charge in [0.05, 0.1) is 11.9 Å². The molecule has 0 radical (unpaired) electrons. The molecule has 1 N–H and O–H groups in total. The second-order valence-electron chi connectivity index (χ2n) is 8.63. The Balaban J connectivity index is 1.65. The van der Waals surface area contributed by atoms with Gasteiger partial charge in [0.25, 0.3) is 0 Å². The molecule has 1 aliphatic heterocycles. The first-order valence-electron chi connectivity index (χ1n) is 11.4. The van der Waals surface area contributed by atoms with E-state index in [0.717, 1.165) is 43.4 Å². The number of piperidine rings is 1. The number of sulfonamides is 1. The second-order valence-corrected chi connectivity index (χ2v) is 10.5. The SMILES string of the molecule is CCc1ccc(N([C@H](C)C(=O)NCc2cccc(CN3CCCCC3)c2)S(C)(=O)=O)cc1. The summed E-state index contributed by atoms with van der Waals surface area (Å²) < 4.78 is 26.2. The van der Waals surface area contributed by atoms with Gasteiger partial charge < -0.3 is 5.32 Å². The Morgan fingerprint density at radius 2 is 1.69 bits per heavy atom. The van der Waals surface area contributed by atoms with Crippen LogP contribution in [0.2, 0.25) is 0 Å². The molecular weight excluding hydrogens is 422 g/mol. The molecule has 0 aliphatic carbocycles. The first-order valence-corrected chi connectivity index (χ1v) is 13.3. The molecule has 1 saturated heterocycles. The van der Waals surface area contributed by atoms with Crippen LogP contribution in [0.15, 0.2) is 48.5 Å². The van der Waals surface area contributed by atoms with E-state index in [9.17, 15) is 13.2 Å². The van der Waals surface area contributed by atoms with Crippen molar-refractivity contribution in [3.63, 3.8) is 0 Å². The Morgan fingerprint density at radius 3 is 2.31 bits per heavy atom. The minimum atomic E-state index is -3.62. The average Bonchev–Trinajstić information content (AvgIpc) is 2.78. The Hall–Kier alpha value is -2.38. The molecule has 0 saturated carbocycles. The number of amides is 1. The number of hydrogen-bond donors (Lipinski definition) is 1. The van der Waals surface area contributed by atoms with Crippen molar-refractivity contribution in [3.05, 3.63) is 65.2 Å². The van der Waals surface area contributed by atoms with Crippen LogP contribution in [0, 0.1) is 0 Å². The van der Waals surface area contributed by atoms with Crippen LogP contribution in [0.25, 0.3) is 0 Å². The molecule has 1 amide bonds. The van der Waals surface area contributed by atoms with Gasteiger partial charge in [-0.2, -0.15) is 0 Å². The number of benzene rings is 2. The van der Waals surface area contributed by atoms with Crippen LogP contribution in [0.1, 0.15) is 49.8 Å². The van der Waals surface area contributed by atoms with Crippen molar-refractivity contribution in [1.29, 1.82) is 0 Å². The molecule has 1 heterocycles. The van der Waals surface area contributed by atoms with Gasteiger partial charge in [-0.3, -0.25) is 14.0 Å². The number of nitrogens with one attached hydrogen (secondary N) is 1. The van der Waals surface area contributed by atoms with E-state index < -0.39 is 16.1 Å². The fourth-order valence-corrected chi connectivity index (χ4v) is 5.41. The van der Waals surface area contributed by atoms with Crippen molar-refractivity contribution < 1.29 is 13.2 Å². The lowest BCUT2D eigenvalue weighted by Gasteiger charge is -2.28. The van der Waals surface area contributed by atoms with E-state index in [4.69, 9.17) is 0 Å². The molecule has 7 heteroatoms. The lowest BCUT2D eigenvalue weighted by atomic mass is 10.1.